The van der Waals surface area contributed by atoms with Crippen molar-refractivity contribution in [2.45, 2.75) is 18.1 Å². The summed E-state index contributed by atoms with van der Waals surface area (Å²) in [4.78, 5) is 20.4. The maximum absolute atomic E-state index is 12.9. The Bertz CT molecular complexity index is 667. The largest absolute Gasteiger partial charge is 0.310 e. The number of carbonyl (C=O) groups is 1. The standard InChI is InChI=1S/C15H14N2OS2/c18-15(14-11-3-7-19-13(11)4-8-20-14)17-6-2-10-9-16-5-1-12(10)17/h1,3,5,7,9,14H,2,4,6,8H2. The number of aromatic nitrogens is 1. The van der Waals surface area contributed by atoms with Gasteiger partial charge in [-0.25, -0.2) is 0 Å². The molecule has 0 aromatic carbocycles. The number of thiophene rings is 1. The van der Waals surface area contributed by atoms with Crippen molar-refractivity contribution in [1.29, 1.82) is 0 Å². The van der Waals surface area contributed by atoms with Gasteiger partial charge in [-0.1, -0.05) is 0 Å². The average Bonchev–Trinajstić information content (AvgIpc) is 3.12. The molecule has 0 fully saturated rings. The summed E-state index contributed by atoms with van der Waals surface area (Å²) in [5.41, 5.74) is 3.47. The monoisotopic (exact) mass is 302 g/mol. The third kappa shape index (κ3) is 1.88. The van der Waals surface area contributed by atoms with E-state index in [1.807, 2.05) is 17.2 Å². The second-order valence-corrected chi connectivity index (χ2v) is 7.26. The van der Waals surface area contributed by atoms with Gasteiger partial charge in [0.15, 0.2) is 0 Å². The van der Waals surface area contributed by atoms with Gasteiger partial charge in [0.25, 0.3) is 0 Å². The molecule has 2 aliphatic heterocycles. The number of aryl methyl sites for hydroxylation is 1. The minimum absolute atomic E-state index is 0.0240. The molecule has 0 saturated carbocycles. The summed E-state index contributed by atoms with van der Waals surface area (Å²) in [5, 5.41) is 2.09. The summed E-state index contributed by atoms with van der Waals surface area (Å²) < 4.78 is 0. The maximum atomic E-state index is 12.9. The summed E-state index contributed by atoms with van der Waals surface area (Å²) in [6.45, 7) is 0.788. The van der Waals surface area contributed by atoms with Crippen molar-refractivity contribution in [3.8, 4) is 0 Å². The first kappa shape index (κ1) is 12.4. The number of thioether (sulfide) groups is 1. The molecule has 20 heavy (non-hydrogen) atoms. The van der Waals surface area contributed by atoms with E-state index in [0.717, 1.165) is 30.8 Å². The molecule has 4 rings (SSSR count). The molecular formula is C15H14N2OS2. The Morgan fingerprint density at radius 1 is 1.35 bits per heavy atom. The lowest BCUT2D eigenvalue weighted by Crippen LogP contribution is -2.33. The highest BCUT2D eigenvalue weighted by atomic mass is 32.2. The predicted molar refractivity (Wildman–Crippen MR) is 83.5 cm³/mol. The number of amides is 1. The fourth-order valence-corrected chi connectivity index (χ4v) is 5.30. The van der Waals surface area contributed by atoms with Crippen LogP contribution in [0.3, 0.4) is 0 Å². The van der Waals surface area contributed by atoms with Crippen molar-refractivity contribution < 1.29 is 4.79 Å². The molecule has 1 amide bonds. The van der Waals surface area contributed by atoms with E-state index >= 15 is 0 Å². The van der Waals surface area contributed by atoms with Gasteiger partial charge in [-0.15, -0.1) is 23.1 Å². The number of hydrogen-bond donors (Lipinski definition) is 0. The van der Waals surface area contributed by atoms with Gasteiger partial charge >= 0.3 is 0 Å². The first-order valence-electron chi connectivity index (χ1n) is 6.77. The van der Waals surface area contributed by atoms with E-state index in [1.54, 1.807) is 29.3 Å². The number of fused-ring (bicyclic) bond motifs is 2. The number of nitrogens with zero attached hydrogens (tertiary/aromatic N) is 2. The van der Waals surface area contributed by atoms with Gasteiger partial charge in [0.05, 0.1) is 0 Å². The Balaban J connectivity index is 1.67. The Kier molecular flexibility index (Phi) is 3.04. The van der Waals surface area contributed by atoms with Gasteiger partial charge < -0.3 is 4.90 Å². The fraction of sp³-hybridized carbons (Fsp3) is 0.333. The van der Waals surface area contributed by atoms with Crippen LogP contribution < -0.4 is 4.90 Å². The summed E-state index contributed by atoms with van der Waals surface area (Å²) in [6, 6.07) is 4.08. The molecule has 0 N–H and O–H groups in total. The quantitative estimate of drug-likeness (QED) is 0.812. The zero-order chi connectivity index (χ0) is 13.5. The highest BCUT2D eigenvalue weighted by Gasteiger charge is 2.34. The highest BCUT2D eigenvalue weighted by Crippen LogP contribution is 2.42. The molecule has 5 heteroatoms. The predicted octanol–water partition coefficient (Wildman–Crippen LogP) is 3.06. The van der Waals surface area contributed by atoms with Gasteiger partial charge in [0.2, 0.25) is 5.91 Å². The Morgan fingerprint density at radius 3 is 3.25 bits per heavy atom. The summed E-state index contributed by atoms with van der Waals surface area (Å²) >= 11 is 3.56. The second kappa shape index (κ2) is 4.90. The molecule has 3 nitrogen and oxygen atoms in total. The van der Waals surface area contributed by atoms with Crippen LogP contribution >= 0.6 is 23.1 Å². The lowest BCUT2D eigenvalue weighted by atomic mass is 10.1. The molecule has 0 bridgehead atoms. The smallest absolute Gasteiger partial charge is 0.244 e. The average molecular weight is 302 g/mol. The number of carbonyl (C=O) groups excluding carboxylic acids is 1. The van der Waals surface area contributed by atoms with Crippen LogP contribution in [0.25, 0.3) is 0 Å². The van der Waals surface area contributed by atoms with Crippen molar-refractivity contribution in [2.75, 3.05) is 17.2 Å². The minimum Gasteiger partial charge on any atom is -0.310 e. The number of rotatable bonds is 1. The molecule has 1 unspecified atom stereocenters. The molecule has 2 aromatic heterocycles. The lowest BCUT2D eigenvalue weighted by molar-refractivity contribution is -0.118. The van der Waals surface area contributed by atoms with Crippen LogP contribution in [-0.4, -0.2) is 23.2 Å². The minimum atomic E-state index is -0.0240. The van der Waals surface area contributed by atoms with E-state index in [2.05, 4.69) is 16.4 Å². The Hall–Kier alpha value is -1.33. The van der Waals surface area contributed by atoms with Gasteiger partial charge in [0.1, 0.15) is 5.25 Å². The van der Waals surface area contributed by atoms with E-state index in [1.165, 1.54) is 16.0 Å². The third-order valence-corrected chi connectivity index (χ3v) is 6.16. The van der Waals surface area contributed by atoms with Crippen LogP contribution in [0.5, 0.6) is 0 Å². The van der Waals surface area contributed by atoms with Gasteiger partial charge in [-0.3, -0.25) is 9.78 Å². The van der Waals surface area contributed by atoms with Crippen LogP contribution in [0, 0.1) is 0 Å². The zero-order valence-corrected chi connectivity index (χ0v) is 12.5. The van der Waals surface area contributed by atoms with Crippen molar-refractivity contribution in [3.05, 3.63) is 45.9 Å². The molecular weight excluding hydrogens is 288 g/mol. The molecule has 0 saturated heterocycles. The zero-order valence-electron chi connectivity index (χ0n) is 10.9. The van der Waals surface area contributed by atoms with Crippen molar-refractivity contribution >= 4 is 34.7 Å². The van der Waals surface area contributed by atoms with Crippen LogP contribution in [0.15, 0.2) is 29.9 Å². The normalized spacial score (nSPS) is 20.6. The highest BCUT2D eigenvalue weighted by molar-refractivity contribution is 8.00. The van der Waals surface area contributed by atoms with E-state index in [-0.39, 0.29) is 11.2 Å². The number of hydrogen-bond acceptors (Lipinski definition) is 4. The van der Waals surface area contributed by atoms with E-state index in [4.69, 9.17) is 0 Å². The van der Waals surface area contributed by atoms with Crippen LogP contribution in [0.1, 0.15) is 21.3 Å². The lowest BCUT2D eigenvalue weighted by Gasteiger charge is -2.26. The fourth-order valence-electron chi connectivity index (χ4n) is 2.95. The van der Waals surface area contributed by atoms with Gasteiger partial charge in [-0.2, -0.15) is 0 Å². The molecule has 2 aliphatic rings. The molecule has 102 valence electrons. The SMILES string of the molecule is O=C(C1SCCc2sccc21)N1CCc2cnccc21. The van der Waals surface area contributed by atoms with Crippen molar-refractivity contribution in [3.63, 3.8) is 0 Å². The first-order valence-corrected chi connectivity index (χ1v) is 8.69. The first-order chi connectivity index (χ1) is 9.84. The molecule has 4 heterocycles. The molecule has 0 aliphatic carbocycles. The molecule has 2 aromatic rings. The Morgan fingerprint density at radius 2 is 2.30 bits per heavy atom. The topological polar surface area (TPSA) is 33.2 Å². The molecule has 0 radical (unpaired) electrons. The van der Waals surface area contributed by atoms with Crippen molar-refractivity contribution in [1.82, 2.24) is 4.98 Å². The number of anilines is 1. The summed E-state index contributed by atoms with van der Waals surface area (Å²) in [5.74, 6) is 1.28. The van der Waals surface area contributed by atoms with E-state index in [0.29, 0.717) is 0 Å². The summed E-state index contributed by atoms with van der Waals surface area (Å²) in [6.07, 6.45) is 5.67. The van der Waals surface area contributed by atoms with Crippen molar-refractivity contribution in [2.24, 2.45) is 0 Å². The Labute approximate surface area is 126 Å². The van der Waals surface area contributed by atoms with Gasteiger partial charge in [-0.05, 0) is 47.2 Å². The van der Waals surface area contributed by atoms with E-state index < -0.39 is 0 Å². The molecule has 1 atom stereocenters. The van der Waals surface area contributed by atoms with E-state index in [9.17, 15) is 4.79 Å². The molecule has 0 spiro atoms. The number of pyridine rings is 1. The summed E-state index contributed by atoms with van der Waals surface area (Å²) in [7, 11) is 0. The second-order valence-electron chi connectivity index (χ2n) is 5.04. The van der Waals surface area contributed by atoms with Gasteiger partial charge in [0, 0.05) is 29.5 Å². The van der Waals surface area contributed by atoms with Crippen LogP contribution in [0.4, 0.5) is 5.69 Å². The van der Waals surface area contributed by atoms with Crippen LogP contribution in [0.2, 0.25) is 0 Å². The third-order valence-electron chi connectivity index (χ3n) is 3.94. The maximum Gasteiger partial charge on any atom is 0.244 e. The van der Waals surface area contributed by atoms with Crippen LogP contribution in [-0.2, 0) is 17.6 Å².